The normalized spacial score (nSPS) is 12.1. The molecule has 1 atom stereocenters. The molecule has 0 aliphatic heterocycles. The Kier molecular flexibility index (Phi) is 5.51. The summed E-state index contributed by atoms with van der Waals surface area (Å²) in [5.74, 6) is -0.356. The molecule has 0 bridgehead atoms. The first kappa shape index (κ1) is 15.2. The molecular weight excluding hydrogens is 244 g/mol. The molecule has 1 unspecified atom stereocenters. The second-order valence-electron chi connectivity index (χ2n) is 4.73. The van der Waals surface area contributed by atoms with Gasteiger partial charge in [0, 0.05) is 18.2 Å². The molecule has 3 N–H and O–H groups in total. The molecule has 19 heavy (non-hydrogen) atoms. The third-order valence-corrected chi connectivity index (χ3v) is 2.84. The number of anilines is 1. The third-order valence-electron chi connectivity index (χ3n) is 2.84. The molecule has 5 heteroatoms. The number of nitrogens with one attached hydrogen (secondary N) is 1. The molecule has 0 radical (unpaired) electrons. The Morgan fingerprint density at radius 3 is 2.63 bits per heavy atom. The highest BCUT2D eigenvalue weighted by atomic mass is 16.5. The highest BCUT2D eigenvalue weighted by molar-refractivity contribution is 5.94. The first-order valence-corrected chi connectivity index (χ1v) is 6.18. The number of carbonyl (C=O) groups excluding carboxylic acids is 2. The summed E-state index contributed by atoms with van der Waals surface area (Å²) in [6.07, 6.45) is 0.250. The van der Waals surface area contributed by atoms with Crippen molar-refractivity contribution < 1.29 is 14.3 Å². The van der Waals surface area contributed by atoms with Gasteiger partial charge in [0.15, 0.2) is 0 Å². The first-order valence-electron chi connectivity index (χ1n) is 6.18. The summed E-state index contributed by atoms with van der Waals surface area (Å²) in [6.45, 7) is 3.94. The van der Waals surface area contributed by atoms with Gasteiger partial charge in [-0.05, 0) is 24.1 Å². The van der Waals surface area contributed by atoms with Crippen LogP contribution in [-0.2, 0) is 9.53 Å². The number of benzene rings is 1. The minimum Gasteiger partial charge on any atom is -0.465 e. The number of carbonyl (C=O) groups is 2. The van der Waals surface area contributed by atoms with Crippen molar-refractivity contribution in [3.05, 3.63) is 29.8 Å². The molecule has 0 aliphatic carbocycles. The molecular formula is C14H20N2O3. The molecule has 0 aromatic heterocycles. The van der Waals surface area contributed by atoms with E-state index in [1.807, 2.05) is 13.8 Å². The lowest BCUT2D eigenvalue weighted by molar-refractivity contribution is -0.116. The van der Waals surface area contributed by atoms with Gasteiger partial charge in [-0.25, -0.2) is 4.79 Å². The van der Waals surface area contributed by atoms with Crippen LogP contribution in [0.25, 0.3) is 0 Å². The number of ether oxygens (including phenoxy) is 1. The quantitative estimate of drug-likeness (QED) is 0.794. The molecule has 1 aromatic carbocycles. The molecule has 0 fully saturated rings. The highest BCUT2D eigenvalue weighted by Gasteiger charge is 2.13. The second-order valence-corrected chi connectivity index (χ2v) is 4.73. The number of hydrogen-bond acceptors (Lipinski definition) is 4. The summed E-state index contributed by atoms with van der Waals surface area (Å²) in [5, 5.41) is 2.72. The molecule has 1 amide bonds. The van der Waals surface area contributed by atoms with E-state index in [1.54, 1.807) is 24.3 Å². The zero-order valence-electron chi connectivity index (χ0n) is 11.5. The first-order chi connectivity index (χ1) is 8.93. The monoisotopic (exact) mass is 264 g/mol. The lowest BCUT2D eigenvalue weighted by Gasteiger charge is -2.15. The largest absolute Gasteiger partial charge is 0.465 e. The molecule has 0 saturated carbocycles. The van der Waals surface area contributed by atoms with Gasteiger partial charge in [0.05, 0.1) is 12.7 Å². The van der Waals surface area contributed by atoms with E-state index in [0.29, 0.717) is 11.3 Å². The molecule has 0 spiro atoms. The minimum absolute atomic E-state index is 0.164. The predicted octanol–water partition coefficient (Wildman–Crippen LogP) is 1.79. The van der Waals surface area contributed by atoms with Gasteiger partial charge in [0.2, 0.25) is 5.91 Å². The Balaban J connectivity index is 2.67. The fourth-order valence-corrected chi connectivity index (χ4v) is 1.50. The summed E-state index contributed by atoms with van der Waals surface area (Å²) >= 11 is 0. The van der Waals surface area contributed by atoms with Crippen LogP contribution in [0.2, 0.25) is 0 Å². The molecule has 0 heterocycles. The molecule has 0 saturated heterocycles. The van der Waals surface area contributed by atoms with Gasteiger partial charge in [-0.2, -0.15) is 0 Å². The third kappa shape index (κ3) is 4.71. The smallest absolute Gasteiger partial charge is 0.337 e. The van der Waals surface area contributed by atoms with Gasteiger partial charge in [-0.1, -0.05) is 19.9 Å². The number of amides is 1. The summed E-state index contributed by atoms with van der Waals surface area (Å²) in [6, 6.07) is 6.42. The van der Waals surface area contributed by atoms with Crippen LogP contribution < -0.4 is 11.1 Å². The maximum atomic E-state index is 11.8. The second kappa shape index (κ2) is 6.89. The van der Waals surface area contributed by atoms with E-state index in [1.165, 1.54) is 7.11 Å². The van der Waals surface area contributed by atoms with Crippen LogP contribution >= 0.6 is 0 Å². The Morgan fingerprint density at radius 1 is 1.37 bits per heavy atom. The standard InChI is InChI=1S/C14H20N2O3/c1-9(2)12(15)8-13(17)16-11-6-4-5-10(7-11)14(18)19-3/h4-7,9,12H,8,15H2,1-3H3,(H,16,17). The van der Waals surface area contributed by atoms with Crippen LogP contribution in [0.5, 0.6) is 0 Å². The Labute approximate surface area is 113 Å². The van der Waals surface area contributed by atoms with E-state index in [0.717, 1.165) is 0 Å². The van der Waals surface area contributed by atoms with Crippen LogP contribution in [0.3, 0.4) is 0 Å². The molecule has 5 nitrogen and oxygen atoms in total. The van der Waals surface area contributed by atoms with Crippen LogP contribution in [0.1, 0.15) is 30.6 Å². The zero-order chi connectivity index (χ0) is 14.4. The average Bonchev–Trinajstić information content (AvgIpc) is 2.37. The van der Waals surface area contributed by atoms with Gasteiger partial charge < -0.3 is 15.8 Å². The lowest BCUT2D eigenvalue weighted by atomic mass is 10.0. The van der Waals surface area contributed by atoms with Gasteiger partial charge >= 0.3 is 5.97 Å². The van der Waals surface area contributed by atoms with E-state index in [4.69, 9.17) is 5.73 Å². The van der Waals surface area contributed by atoms with Crippen molar-refractivity contribution in [1.29, 1.82) is 0 Å². The molecule has 104 valence electrons. The average molecular weight is 264 g/mol. The fourth-order valence-electron chi connectivity index (χ4n) is 1.50. The van der Waals surface area contributed by atoms with Crippen LogP contribution in [0.4, 0.5) is 5.69 Å². The van der Waals surface area contributed by atoms with Gasteiger partial charge in [-0.3, -0.25) is 4.79 Å². The van der Waals surface area contributed by atoms with E-state index in [-0.39, 0.29) is 24.3 Å². The van der Waals surface area contributed by atoms with Crippen molar-refractivity contribution in [1.82, 2.24) is 0 Å². The Morgan fingerprint density at radius 2 is 2.05 bits per heavy atom. The number of methoxy groups -OCH3 is 1. The molecule has 0 aliphatic rings. The summed E-state index contributed by atoms with van der Waals surface area (Å²) < 4.78 is 4.62. The van der Waals surface area contributed by atoms with Gasteiger partial charge in [0.25, 0.3) is 0 Å². The lowest BCUT2D eigenvalue weighted by Crippen LogP contribution is -2.31. The number of nitrogens with two attached hydrogens (primary N) is 1. The molecule has 1 aromatic rings. The van der Waals surface area contributed by atoms with Crippen LogP contribution in [0.15, 0.2) is 24.3 Å². The van der Waals surface area contributed by atoms with Crippen molar-refractivity contribution in [3.63, 3.8) is 0 Å². The Hall–Kier alpha value is -1.88. The summed E-state index contributed by atoms with van der Waals surface area (Å²) in [4.78, 5) is 23.1. The SMILES string of the molecule is COC(=O)c1cccc(NC(=O)CC(N)C(C)C)c1. The van der Waals surface area contributed by atoms with Crippen molar-refractivity contribution >= 4 is 17.6 Å². The van der Waals surface area contributed by atoms with Crippen LogP contribution in [0, 0.1) is 5.92 Å². The van der Waals surface area contributed by atoms with Crippen molar-refractivity contribution in [2.24, 2.45) is 11.7 Å². The van der Waals surface area contributed by atoms with Gasteiger partial charge in [-0.15, -0.1) is 0 Å². The maximum Gasteiger partial charge on any atom is 0.337 e. The summed E-state index contributed by atoms with van der Waals surface area (Å²) in [7, 11) is 1.31. The van der Waals surface area contributed by atoms with Crippen molar-refractivity contribution in [2.75, 3.05) is 12.4 Å². The Bertz CT molecular complexity index is 458. The number of rotatable bonds is 5. The number of esters is 1. The van der Waals surface area contributed by atoms with E-state index in [9.17, 15) is 9.59 Å². The van der Waals surface area contributed by atoms with Crippen molar-refractivity contribution in [2.45, 2.75) is 26.3 Å². The van der Waals surface area contributed by atoms with Gasteiger partial charge in [0.1, 0.15) is 0 Å². The van der Waals surface area contributed by atoms with Crippen LogP contribution in [-0.4, -0.2) is 25.0 Å². The highest BCUT2D eigenvalue weighted by Crippen LogP contribution is 2.13. The number of hydrogen-bond donors (Lipinski definition) is 2. The minimum atomic E-state index is -0.435. The fraction of sp³-hybridized carbons (Fsp3) is 0.429. The van der Waals surface area contributed by atoms with E-state index in [2.05, 4.69) is 10.1 Å². The topological polar surface area (TPSA) is 81.4 Å². The molecule has 1 rings (SSSR count). The van der Waals surface area contributed by atoms with E-state index >= 15 is 0 Å². The summed E-state index contributed by atoms with van der Waals surface area (Å²) in [5.41, 5.74) is 6.79. The zero-order valence-corrected chi connectivity index (χ0v) is 11.5. The van der Waals surface area contributed by atoms with Crippen molar-refractivity contribution in [3.8, 4) is 0 Å². The maximum absolute atomic E-state index is 11.8. The predicted molar refractivity (Wildman–Crippen MR) is 73.8 cm³/mol. The van der Waals surface area contributed by atoms with E-state index < -0.39 is 5.97 Å².